The van der Waals surface area contributed by atoms with Crippen molar-refractivity contribution in [3.63, 3.8) is 0 Å². The molecule has 0 heterocycles. The van der Waals surface area contributed by atoms with Crippen LogP contribution in [0.3, 0.4) is 0 Å². The molecule has 0 spiro atoms. The van der Waals surface area contributed by atoms with Crippen LogP contribution in [-0.4, -0.2) is 24.2 Å². The number of nitrogens with two attached hydrogens (primary N) is 1. The van der Waals surface area contributed by atoms with Gasteiger partial charge in [-0.15, -0.1) is 0 Å². The summed E-state index contributed by atoms with van der Waals surface area (Å²) in [4.78, 5) is 11.7. The summed E-state index contributed by atoms with van der Waals surface area (Å²) in [6.07, 6.45) is 1.46. The van der Waals surface area contributed by atoms with Crippen molar-refractivity contribution in [2.45, 2.75) is 19.8 Å². The van der Waals surface area contributed by atoms with Gasteiger partial charge in [-0.05, 0) is 24.8 Å². The van der Waals surface area contributed by atoms with Crippen LogP contribution in [0, 0.1) is 17.6 Å². The van der Waals surface area contributed by atoms with Crippen LogP contribution in [0.4, 0.5) is 14.5 Å². The molecule has 1 atom stereocenters. The van der Waals surface area contributed by atoms with Gasteiger partial charge in [0, 0.05) is 24.9 Å². The number of carbonyl (C=O) groups excluding carboxylic acids is 1. The van der Waals surface area contributed by atoms with E-state index in [2.05, 4.69) is 5.32 Å². The predicted octanol–water partition coefficient (Wildman–Crippen LogP) is 1.69. The lowest BCUT2D eigenvalue weighted by Crippen LogP contribution is -2.26. The van der Waals surface area contributed by atoms with Crippen molar-refractivity contribution in [3.8, 4) is 0 Å². The molecule has 0 radical (unpaired) electrons. The SMILES string of the molecule is CC(CO)CCCNC(=O)c1cc(F)c(F)cc1N. The highest BCUT2D eigenvalue weighted by Crippen LogP contribution is 2.16. The Morgan fingerprint density at radius 3 is 2.68 bits per heavy atom. The second-order valence-electron chi connectivity index (χ2n) is 4.54. The third kappa shape index (κ3) is 4.48. The molecule has 0 aliphatic heterocycles. The van der Waals surface area contributed by atoms with Gasteiger partial charge in [-0.1, -0.05) is 6.92 Å². The summed E-state index contributed by atoms with van der Waals surface area (Å²) >= 11 is 0. The first-order valence-corrected chi connectivity index (χ1v) is 6.09. The van der Waals surface area contributed by atoms with E-state index < -0.39 is 17.5 Å². The predicted molar refractivity (Wildman–Crippen MR) is 68.6 cm³/mol. The number of nitrogens with one attached hydrogen (secondary N) is 1. The highest BCUT2D eigenvalue weighted by Gasteiger charge is 2.13. The molecule has 4 nitrogen and oxygen atoms in total. The topological polar surface area (TPSA) is 75.3 Å². The van der Waals surface area contributed by atoms with Crippen molar-refractivity contribution < 1.29 is 18.7 Å². The lowest BCUT2D eigenvalue weighted by molar-refractivity contribution is 0.0952. The van der Waals surface area contributed by atoms with E-state index in [1.807, 2.05) is 6.92 Å². The van der Waals surface area contributed by atoms with E-state index in [-0.39, 0.29) is 23.8 Å². The summed E-state index contributed by atoms with van der Waals surface area (Å²) in [6.45, 7) is 2.39. The number of aliphatic hydroxyl groups is 1. The number of nitrogen functional groups attached to an aromatic ring is 1. The molecule has 1 aromatic carbocycles. The molecule has 4 N–H and O–H groups in total. The number of rotatable bonds is 6. The first-order chi connectivity index (χ1) is 8.95. The number of anilines is 1. The van der Waals surface area contributed by atoms with Crippen LogP contribution >= 0.6 is 0 Å². The van der Waals surface area contributed by atoms with Gasteiger partial charge in [0.25, 0.3) is 5.91 Å². The van der Waals surface area contributed by atoms with Crippen LogP contribution < -0.4 is 11.1 Å². The normalized spacial score (nSPS) is 12.2. The van der Waals surface area contributed by atoms with Gasteiger partial charge in [0.05, 0.1) is 5.56 Å². The highest BCUT2D eigenvalue weighted by atomic mass is 19.2. The minimum absolute atomic E-state index is 0.0749. The molecule has 0 saturated heterocycles. The summed E-state index contributed by atoms with van der Waals surface area (Å²) < 4.78 is 25.9. The molecular formula is C13H18F2N2O2. The molecule has 106 valence electrons. The maximum atomic E-state index is 13.0. The number of amides is 1. The fourth-order valence-corrected chi connectivity index (χ4v) is 1.60. The van der Waals surface area contributed by atoms with Gasteiger partial charge in [0.1, 0.15) is 0 Å². The van der Waals surface area contributed by atoms with Gasteiger partial charge >= 0.3 is 0 Å². The fourth-order valence-electron chi connectivity index (χ4n) is 1.60. The molecule has 0 saturated carbocycles. The average molecular weight is 272 g/mol. The lowest BCUT2D eigenvalue weighted by Gasteiger charge is -2.10. The number of aliphatic hydroxyl groups excluding tert-OH is 1. The Kier molecular flexibility index (Phi) is 5.69. The fraction of sp³-hybridized carbons (Fsp3) is 0.462. The largest absolute Gasteiger partial charge is 0.398 e. The summed E-state index contributed by atoms with van der Waals surface area (Å²) in [5.41, 5.74) is 5.29. The Bertz CT molecular complexity index is 453. The number of carbonyl (C=O) groups is 1. The van der Waals surface area contributed by atoms with Crippen LogP contribution in [0.5, 0.6) is 0 Å². The molecule has 1 rings (SSSR count). The maximum Gasteiger partial charge on any atom is 0.253 e. The molecule has 19 heavy (non-hydrogen) atoms. The van der Waals surface area contributed by atoms with Gasteiger partial charge in [-0.25, -0.2) is 8.78 Å². The minimum atomic E-state index is -1.10. The van der Waals surface area contributed by atoms with Crippen molar-refractivity contribution >= 4 is 11.6 Å². The number of benzene rings is 1. The monoisotopic (exact) mass is 272 g/mol. The van der Waals surface area contributed by atoms with E-state index in [1.165, 1.54) is 0 Å². The Morgan fingerprint density at radius 1 is 1.42 bits per heavy atom. The maximum absolute atomic E-state index is 13.0. The molecule has 0 aromatic heterocycles. The zero-order valence-electron chi connectivity index (χ0n) is 10.7. The van der Waals surface area contributed by atoms with E-state index in [0.29, 0.717) is 13.0 Å². The first kappa shape index (κ1) is 15.4. The van der Waals surface area contributed by atoms with E-state index in [9.17, 15) is 13.6 Å². The van der Waals surface area contributed by atoms with Crippen LogP contribution in [0.15, 0.2) is 12.1 Å². The third-order valence-corrected chi connectivity index (χ3v) is 2.81. The van der Waals surface area contributed by atoms with Crippen LogP contribution in [-0.2, 0) is 0 Å². The quantitative estimate of drug-likeness (QED) is 0.545. The Morgan fingerprint density at radius 2 is 2.05 bits per heavy atom. The standard InChI is InChI=1S/C13H18F2N2O2/c1-8(7-18)3-2-4-17-13(19)9-5-10(14)11(15)6-12(9)16/h5-6,8,18H,2-4,7,16H2,1H3,(H,17,19). The summed E-state index contributed by atoms with van der Waals surface area (Å²) in [7, 11) is 0. The molecule has 0 bridgehead atoms. The Hall–Kier alpha value is -1.69. The van der Waals surface area contributed by atoms with E-state index in [4.69, 9.17) is 10.8 Å². The lowest BCUT2D eigenvalue weighted by atomic mass is 10.1. The van der Waals surface area contributed by atoms with E-state index >= 15 is 0 Å². The van der Waals surface area contributed by atoms with Crippen molar-refractivity contribution in [2.24, 2.45) is 5.92 Å². The van der Waals surface area contributed by atoms with Crippen LogP contribution in [0.1, 0.15) is 30.1 Å². The van der Waals surface area contributed by atoms with E-state index in [1.54, 1.807) is 0 Å². The third-order valence-electron chi connectivity index (χ3n) is 2.81. The number of halogens is 2. The van der Waals surface area contributed by atoms with Gasteiger partial charge < -0.3 is 16.2 Å². The van der Waals surface area contributed by atoms with E-state index in [0.717, 1.165) is 18.6 Å². The molecule has 6 heteroatoms. The molecular weight excluding hydrogens is 254 g/mol. The zero-order chi connectivity index (χ0) is 14.4. The van der Waals surface area contributed by atoms with Crippen molar-refractivity contribution in [2.75, 3.05) is 18.9 Å². The minimum Gasteiger partial charge on any atom is -0.398 e. The first-order valence-electron chi connectivity index (χ1n) is 6.09. The van der Waals surface area contributed by atoms with Crippen molar-refractivity contribution in [1.29, 1.82) is 0 Å². The number of hydrogen-bond acceptors (Lipinski definition) is 3. The smallest absolute Gasteiger partial charge is 0.253 e. The Balaban J connectivity index is 2.52. The van der Waals surface area contributed by atoms with Gasteiger partial charge in [-0.3, -0.25) is 4.79 Å². The molecule has 0 aliphatic carbocycles. The molecule has 1 unspecified atom stereocenters. The Labute approximate surface area is 110 Å². The zero-order valence-corrected chi connectivity index (χ0v) is 10.7. The van der Waals surface area contributed by atoms with Crippen molar-refractivity contribution in [1.82, 2.24) is 5.32 Å². The van der Waals surface area contributed by atoms with Gasteiger partial charge in [0.2, 0.25) is 0 Å². The van der Waals surface area contributed by atoms with Crippen molar-refractivity contribution in [3.05, 3.63) is 29.3 Å². The molecule has 0 fully saturated rings. The average Bonchev–Trinajstić information content (AvgIpc) is 2.38. The summed E-state index contributed by atoms with van der Waals surface area (Å²) in [5.74, 6) is -2.54. The second kappa shape index (κ2) is 7.04. The van der Waals surface area contributed by atoms with Crippen LogP contribution in [0.2, 0.25) is 0 Å². The van der Waals surface area contributed by atoms with Gasteiger partial charge in [0.15, 0.2) is 11.6 Å². The second-order valence-corrected chi connectivity index (χ2v) is 4.54. The summed E-state index contributed by atoms with van der Waals surface area (Å²) in [6, 6.07) is 1.58. The van der Waals surface area contributed by atoms with Crippen LogP contribution in [0.25, 0.3) is 0 Å². The molecule has 1 amide bonds. The molecule has 0 aliphatic rings. The highest BCUT2D eigenvalue weighted by molar-refractivity contribution is 5.99. The van der Waals surface area contributed by atoms with Gasteiger partial charge in [-0.2, -0.15) is 0 Å². The number of hydrogen-bond donors (Lipinski definition) is 3. The molecule has 1 aromatic rings. The summed E-state index contributed by atoms with van der Waals surface area (Å²) in [5, 5.41) is 11.4.